The van der Waals surface area contributed by atoms with Crippen LogP contribution in [0.5, 0.6) is 0 Å². The SMILES string of the molecule is COC1(C)CCc2nc3cc(C#Cc4ccccn4)ccc3c(=O)n2C1. The van der Waals surface area contributed by atoms with E-state index in [9.17, 15) is 4.79 Å². The highest BCUT2D eigenvalue weighted by atomic mass is 16.5. The molecule has 4 rings (SSSR count). The summed E-state index contributed by atoms with van der Waals surface area (Å²) in [5.74, 6) is 6.94. The molecule has 0 bridgehead atoms. The molecule has 0 radical (unpaired) electrons. The van der Waals surface area contributed by atoms with Gasteiger partial charge in [0.05, 0.1) is 23.0 Å². The summed E-state index contributed by atoms with van der Waals surface area (Å²) in [7, 11) is 1.69. The molecule has 0 aliphatic carbocycles. The first-order chi connectivity index (χ1) is 12.6. The molecule has 3 aromatic rings. The van der Waals surface area contributed by atoms with Crippen LogP contribution in [0, 0.1) is 11.8 Å². The van der Waals surface area contributed by atoms with Crippen LogP contribution in [-0.2, 0) is 17.7 Å². The van der Waals surface area contributed by atoms with Crippen LogP contribution in [0.1, 0.15) is 30.4 Å². The number of nitrogens with zero attached hydrogens (tertiary/aromatic N) is 3. The van der Waals surface area contributed by atoms with Crippen LogP contribution in [0.2, 0.25) is 0 Å². The number of ether oxygens (including phenoxy) is 1. The molecule has 1 atom stereocenters. The van der Waals surface area contributed by atoms with Gasteiger partial charge in [0, 0.05) is 25.3 Å². The highest BCUT2D eigenvalue weighted by Crippen LogP contribution is 2.25. The number of fused-ring (bicyclic) bond motifs is 2. The molecule has 0 fully saturated rings. The molecule has 1 aliphatic rings. The Labute approximate surface area is 151 Å². The molecule has 1 unspecified atom stereocenters. The monoisotopic (exact) mass is 345 g/mol. The van der Waals surface area contributed by atoms with Crippen LogP contribution in [0.15, 0.2) is 47.4 Å². The first kappa shape index (κ1) is 16.5. The lowest BCUT2D eigenvalue weighted by atomic mass is 9.95. The maximum Gasteiger partial charge on any atom is 0.261 e. The van der Waals surface area contributed by atoms with Crippen LogP contribution < -0.4 is 5.56 Å². The largest absolute Gasteiger partial charge is 0.377 e. The van der Waals surface area contributed by atoms with E-state index in [4.69, 9.17) is 9.72 Å². The van der Waals surface area contributed by atoms with Crippen molar-refractivity contribution in [1.82, 2.24) is 14.5 Å². The molecule has 2 aromatic heterocycles. The summed E-state index contributed by atoms with van der Waals surface area (Å²) in [6.07, 6.45) is 3.28. The zero-order valence-electron chi connectivity index (χ0n) is 14.8. The van der Waals surface area contributed by atoms with E-state index in [0.29, 0.717) is 23.1 Å². The summed E-state index contributed by atoms with van der Waals surface area (Å²) < 4.78 is 7.33. The molecule has 26 heavy (non-hydrogen) atoms. The van der Waals surface area contributed by atoms with Crippen LogP contribution in [0.25, 0.3) is 10.9 Å². The second-order valence-corrected chi connectivity index (χ2v) is 6.77. The van der Waals surface area contributed by atoms with Gasteiger partial charge in [0.15, 0.2) is 0 Å². The summed E-state index contributed by atoms with van der Waals surface area (Å²) in [5.41, 5.74) is 1.88. The quantitative estimate of drug-likeness (QED) is 0.636. The molecule has 5 nitrogen and oxygen atoms in total. The van der Waals surface area contributed by atoms with Crippen molar-refractivity contribution < 1.29 is 4.74 Å². The van der Waals surface area contributed by atoms with Crippen LogP contribution in [0.3, 0.4) is 0 Å². The van der Waals surface area contributed by atoms with Gasteiger partial charge in [-0.2, -0.15) is 0 Å². The first-order valence-corrected chi connectivity index (χ1v) is 8.60. The van der Waals surface area contributed by atoms with E-state index in [0.717, 1.165) is 24.2 Å². The van der Waals surface area contributed by atoms with Crippen molar-refractivity contribution in [3.8, 4) is 11.8 Å². The van der Waals surface area contributed by atoms with Crippen LogP contribution in [0.4, 0.5) is 0 Å². The highest BCUT2D eigenvalue weighted by molar-refractivity contribution is 5.79. The topological polar surface area (TPSA) is 57.0 Å². The minimum Gasteiger partial charge on any atom is -0.377 e. The lowest BCUT2D eigenvalue weighted by Gasteiger charge is -2.34. The summed E-state index contributed by atoms with van der Waals surface area (Å²) in [5, 5.41) is 0.609. The predicted molar refractivity (Wildman–Crippen MR) is 100.0 cm³/mol. The molecule has 5 heteroatoms. The third-order valence-electron chi connectivity index (χ3n) is 4.90. The van der Waals surface area contributed by atoms with E-state index < -0.39 is 0 Å². The number of aromatic nitrogens is 3. The lowest BCUT2D eigenvalue weighted by molar-refractivity contribution is -0.0253. The van der Waals surface area contributed by atoms with Crippen molar-refractivity contribution in [2.75, 3.05) is 7.11 Å². The van der Waals surface area contributed by atoms with Gasteiger partial charge >= 0.3 is 0 Å². The standard InChI is InChI=1S/C21H19N3O2/c1-21(26-2)11-10-19-23-18-13-15(6-8-16-5-3-4-12-22-16)7-9-17(18)20(25)24(19)14-21/h3-5,7,9,12-13H,10-11,14H2,1-2H3. The molecule has 0 amide bonds. The second-order valence-electron chi connectivity index (χ2n) is 6.77. The molecule has 1 aromatic carbocycles. The van der Waals surface area contributed by atoms with E-state index in [2.05, 4.69) is 16.8 Å². The van der Waals surface area contributed by atoms with Gasteiger partial charge in [0.25, 0.3) is 5.56 Å². The number of hydrogen-bond donors (Lipinski definition) is 0. The van der Waals surface area contributed by atoms with Gasteiger partial charge in [-0.3, -0.25) is 9.36 Å². The molecular weight excluding hydrogens is 326 g/mol. The molecular formula is C21H19N3O2. The molecule has 0 saturated heterocycles. The molecule has 130 valence electrons. The Bertz CT molecular complexity index is 1090. The fraction of sp³-hybridized carbons (Fsp3) is 0.286. The van der Waals surface area contributed by atoms with E-state index >= 15 is 0 Å². The zero-order chi connectivity index (χ0) is 18.1. The Morgan fingerprint density at radius 2 is 2.12 bits per heavy atom. The minimum atomic E-state index is -0.319. The van der Waals surface area contributed by atoms with Gasteiger partial charge in [-0.25, -0.2) is 9.97 Å². The number of pyridine rings is 1. The van der Waals surface area contributed by atoms with Gasteiger partial charge in [-0.05, 0) is 49.6 Å². The fourth-order valence-corrected chi connectivity index (χ4v) is 3.23. The summed E-state index contributed by atoms with van der Waals surface area (Å²) in [6.45, 7) is 2.56. The predicted octanol–water partition coefficient (Wildman–Crippen LogP) is 2.54. The average Bonchev–Trinajstić information content (AvgIpc) is 2.68. The van der Waals surface area contributed by atoms with Gasteiger partial charge in [0.2, 0.25) is 0 Å². The van der Waals surface area contributed by atoms with Crippen molar-refractivity contribution in [2.24, 2.45) is 0 Å². The molecule has 1 aliphatic heterocycles. The van der Waals surface area contributed by atoms with Gasteiger partial charge in [0.1, 0.15) is 11.5 Å². The fourth-order valence-electron chi connectivity index (χ4n) is 3.23. The number of rotatable bonds is 1. The summed E-state index contributed by atoms with van der Waals surface area (Å²) >= 11 is 0. The summed E-state index contributed by atoms with van der Waals surface area (Å²) in [6, 6.07) is 11.2. The Hall–Kier alpha value is -2.97. The molecule has 0 spiro atoms. The lowest BCUT2D eigenvalue weighted by Crippen LogP contribution is -2.43. The number of aryl methyl sites for hydroxylation is 1. The van der Waals surface area contributed by atoms with Crippen LogP contribution >= 0.6 is 0 Å². The van der Waals surface area contributed by atoms with E-state index in [1.165, 1.54) is 0 Å². The zero-order valence-corrected chi connectivity index (χ0v) is 14.8. The van der Waals surface area contributed by atoms with Crippen molar-refractivity contribution >= 4 is 10.9 Å². The highest BCUT2D eigenvalue weighted by Gasteiger charge is 2.31. The van der Waals surface area contributed by atoms with E-state index in [-0.39, 0.29) is 11.2 Å². The van der Waals surface area contributed by atoms with E-state index in [1.807, 2.05) is 37.3 Å². The van der Waals surface area contributed by atoms with Crippen LogP contribution in [-0.4, -0.2) is 27.2 Å². The Kier molecular flexibility index (Phi) is 4.06. The normalized spacial score (nSPS) is 18.8. The summed E-state index contributed by atoms with van der Waals surface area (Å²) in [4.78, 5) is 21.8. The Balaban J connectivity index is 1.76. The van der Waals surface area contributed by atoms with E-state index in [1.54, 1.807) is 23.9 Å². The average molecular weight is 345 g/mol. The number of hydrogen-bond acceptors (Lipinski definition) is 4. The minimum absolute atomic E-state index is 0.0165. The molecule has 3 heterocycles. The molecule has 0 saturated carbocycles. The molecule has 0 N–H and O–H groups in total. The Morgan fingerprint density at radius 3 is 2.88 bits per heavy atom. The van der Waals surface area contributed by atoms with Crippen molar-refractivity contribution in [1.29, 1.82) is 0 Å². The third kappa shape index (κ3) is 3.00. The smallest absolute Gasteiger partial charge is 0.261 e. The number of methoxy groups -OCH3 is 1. The first-order valence-electron chi connectivity index (χ1n) is 8.60. The second kappa shape index (κ2) is 6.40. The van der Waals surface area contributed by atoms with Crippen molar-refractivity contribution in [3.05, 3.63) is 70.0 Å². The Morgan fingerprint density at radius 1 is 1.23 bits per heavy atom. The van der Waals surface area contributed by atoms with Crippen molar-refractivity contribution in [3.63, 3.8) is 0 Å². The maximum absolute atomic E-state index is 12.9. The van der Waals surface area contributed by atoms with Gasteiger partial charge in [-0.15, -0.1) is 0 Å². The van der Waals surface area contributed by atoms with Crippen molar-refractivity contribution in [2.45, 2.75) is 31.9 Å². The maximum atomic E-state index is 12.9. The van der Waals surface area contributed by atoms with Gasteiger partial charge < -0.3 is 4.74 Å². The van der Waals surface area contributed by atoms with Gasteiger partial charge in [-0.1, -0.05) is 12.0 Å². The third-order valence-corrected chi connectivity index (χ3v) is 4.90. The number of benzene rings is 1.